The number of aliphatic imine (C=N–C) groups is 1. The lowest BCUT2D eigenvalue weighted by Crippen LogP contribution is -2.40. The highest BCUT2D eigenvalue weighted by Crippen LogP contribution is 2.24. The second-order valence-electron chi connectivity index (χ2n) is 7.08. The van der Waals surface area contributed by atoms with Crippen molar-refractivity contribution in [1.29, 1.82) is 0 Å². The van der Waals surface area contributed by atoms with Gasteiger partial charge in [-0.2, -0.15) is 0 Å². The summed E-state index contributed by atoms with van der Waals surface area (Å²) < 4.78 is 5.73. The molecule has 0 saturated heterocycles. The number of guanidine groups is 1. The molecule has 0 aliphatic carbocycles. The summed E-state index contributed by atoms with van der Waals surface area (Å²) in [6, 6.07) is 8.32. The van der Waals surface area contributed by atoms with Crippen LogP contribution < -0.4 is 15.4 Å². The van der Waals surface area contributed by atoms with Gasteiger partial charge in [0, 0.05) is 50.1 Å². The number of thiophene rings is 1. The van der Waals surface area contributed by atoms with Gasteiger partial charge < -0.3 is 20.3 Å². The average Bonchev–Trinajstić information content (AvgIpc) is 3.19. The Kier molecular flexibility index (Phi) is 7.52. The van der Waals surface area contributed by atoms with Crippen molar-refractivity contribution in [3.8, 4) is 5.75 Å². The maximum absolute atomic E-state index is 12.5. The number of hydrogen-bond donors (Lipinski definition) is 2. The van der Waals surface area contributed by atoms with Gasteiger partial charge in [-0.1, -0.05) is 12.1 Å². The van der Waals surface area contributed by atoms with Gasteiger partial charge in [-0.15, -0.1) is 11.3 Å². The van der Waals surface area contributed by atoms with Crippen LogP contribution in [-0.2, 0) is 24.3 Å². The van der Waals surface area contributed by atoms with Crippen molar-refractivity contribution in [3.05, 3.63) is 51.2 Å². The topological polar surface area (TPSA) is 66.0 Å². The van der Waals surface area contributed by atoms with Crippen molar-refractivity contribution in [3.63, 3.8) is 0 Å². The van der Waals surface area contributed by atoms with Crippen molar-refractivity contribution < 1.29 is 9.53 Å². The molecule has 0 atom stereocenters. The van der Waals surface area contributed by atoms with E-state index in [1.54, 1.807) is 18.4 Å². The van der Waals surface area contributed by atoms with E-state index in [4.69, 9.17) is 4.74 Å². The number of fused-ring (bicyclic) bond motifs is 1. The maximum atomic E-state index is 12.5. The molecule has 1 aromatic heterocycles. The van der Waals surface area contributed by atoms with Crippen LogP contribution in [0.3, 0.4) is 0 Å². The van der Waals surface area contributed by atoms with Crippen LogP contribution in [0.5, 0.6) is 5.75 Å². The highest BCUT2D eigenvalue weighted by molar-refractivity contribution is 7.10. The van der Waals surface area contributed by atoms with Gasteiger partial charge in [0.15, 0.2) is 5.96 Å². The second-order valence-corrected chi connectivity index (χ2v) is 8.08. The van der Waals surface area contributed by atoms with Crippen LogP contribution in [-0.4, -0.2) is 43.5 Å². The summed E-state index contributed by atoms with van der Waals surface area (Å²) in [4.78, 5) is 20.2. The number of hydrogen-bond acceptors (Lipinski definition) is 4. The molecular weight excluding hydrogens is 384 g/mol. The largest absolute Gasteiger partial charge is 0.494 e. The summed E-state index contributed by atoms with van der Waals surface area (Å²) in [5, 5.41) is 8.65. The molecule has 0 bridgehead atoms. The minimum Gasteiger partial charge on any atom is -0.494 e. The van der Waals surface area contributed by atoms with Crippen LogP contribution in [0, 0.1) is 6.92 Å². The molecule has 1 aromatic carbocycles. The van der Waals surface area contributed by atoms with Gasteiger partial charge in [-0.25, -0.2) is 0 Å². The Hall–Kier alpha value is -2.54. The lowest BCUT2D eigenvalue weighted by atomic mass is 10.1. The minimum absolute atomic E-state index is 0.182. The molecule has 0 spiro atoms. The number of ether oxygens (including phenoxy) is 1. The van der Waals surface area contributed by atoms with Crippen LogP contribution in [0.15, 0.2) is 34.6 Å². The van der Waals surface area contributed by atoms with E-state index in [-0.39, 0.29) is 5.91 Å². The van der Waals surface area contributed by atoms with E-state index in [0.29, 0.717) is 32.1 Å². The second kappa shape index (κ2) is 10.3. The monoisotopic (exact) mass is 414 g/mol. The summed E-state index contributed by atoms with van der Waals surface area (Å²) in [6.45, 7) is 7.38. The third-order valence-electron chi connectivity index (χ3n) is 4.98. The van der Waals surface area contributed by atoms with E-state index < -0.39 is 0 Å². The van der Waals surface area contributed by atoms with Gasteiger partial charge >= 0.3 is 0 Å². The number of carbonyl (C=O) groups excluding carboxylic acids is 1. The fraction of sp³-hybridized carbons (Fsp3) is 0.455. The molecule has 156 valence electrons. The summed E-state index contributed by atoms with van der Waals surface area (Å²) in [6.07, 6.45) is 1.42. The molecule has 0 fully saturated rings. The first-order valence-corrected chi connectivity index (χ1v) is 11.0. The molecule has 29 heavy (non-hydrogen) atoms. The van der Waals surface area contributed by atoms with E-state index in [9.17, 15) is 4.79 Å². The van der Waals surface area contributed by atoms with Gasteiger partial charge in [0.2, 0.25) is 5.91 Å². The van der Waals surface area contributed by atoms with E-state index in [0.717, 1.165) is 30.8 Å². The molecule has 1 aliphatic rings. The summed E-state index contributed by atoms with van der Waals surface area (Å²) >= 11 is 1.79. The van der Waals surface area contributed by atoms with Crippen LogP contribution in [0.25, 0.3) is 0 Å². The third kappa shape index (κ3) is 5.73. The molecule has 0 saturated carbocycles. The fourth-order valence-corrected chi connectivity index (χ4v) is 4.29. The molecule has 6 nitrogen and oxygen atoms in total. The first-order valence-electron chi connectivity index (χ1n) is 10.1. The summed E-state index contributed by atoms with van der Waals surface area (Å²) in [7, 11) is 1.73. The lowest BCUT2D eigenvalue weighted by molar-refractivity contribution is -0.131. The van der Waals surface area contributed by atoms with Crippen molar-refractivity contribution in [2.75, 3.05) is 26.7 Å². The summed E-state index contributed by atoms with van der Waals surface area (Å²) in [5.74, 6) is 1.75. The Morgan fingerprint density at radius 2 is 2.17 bits per heavy atom. The van der Waals surface area contributed by atoms with Crippen molar-refractivity contribution in [1.82, 2.24) is 15.5 Å². The van der Waals surface area contributed by atoms with Gasteiger partial charge in [0.1, 0.15) is 5.75 Å². The zero-order valence-electron chi connectivity index (χ0n) is 17.5. The Balaban J connectivity index is 1.45. The molecule has 7 heteroatoms. The smallest absolute Gasteiger partial charge is 0.224 e. The molecule has 2 N–H and O–H groups in total. The molecule has 2 heterocycles. The number of rotatable bonds is 7. The summed E-state index contributed by atoms with van der Waals surface area (Å²) in [5.41, 5.74) is 3.55. The molecule has 3 rings (SSSR count). The highest BCUT2D eigenvalue weighted by atomic mass is 32.1. The van der Waals surface area contributed by atoms with Crippen molar-refractivity contribution in [2.45, 2.75) is 39.8 Å². The zero-order chi connectivity index (χ0) is 20.6. The highest BCUT2D eigenvalue weighted by Gasteiger charge is 2.21. The number of carbonyl (C=O) groups is 1. The molecule has 0 unspecified atom stereocenters. The Labute approximate surface area is 177 Å². The minimum atomic E-state index is 0.182. The number of nitrogens with one attached hydrogen (secondary N) is 2. The van der Waals surface area contributed by atoms with Crippen molar-refractivity contribution in [2.24, 2.45) is 4.99 Å². The molecule has 2 aromatic rings. The van der Waals surface area contributed by atoms with Crippen LogP contribution in [0.1, 0.15) is 34.9 Å². The van der Waals surface area contributed by atoms with Crippen LogP contribution in [0.2, 0.25) is 0 Å². The molecule has 1 aliphatic heterocycles. The number of nitrogens with zero attached hydrogens (tertiary/aromatic N) is 2. The first kappa shape index (κ1) is 21.2. The van der Waals surface area contributed by atoms with Gasteiger partial charge in [-0.05, 0) is 48.9 Å². The SMILES string of the molecule is CCOc1cc(C)ccc1CNC(=NC)NCCC(=O)N1CCc2sccc2C1. The molecule has 0 radical (unpaired) electrons. The zero-order valence-corrected chi connectivity index (χ0v) is 18.3. The van der Waals surface area contributed by atoms with E-state index in [1.807, 2.05) is 17.9 Å². The number of amides is 1. The number of benzene rings is 1. The van der Waals surface area contributed by atoms with Crippen LogP contribution >= 0.6 is 11.3 Å². The number of aryl methyl sites for hydroxylation is 1. The van der Waals surface area contributed by atoms with E-state index in [1.165, 1.54) is 16.0 Å². The third-order valence-corrected chi connectivity index (χ3v) is 6.01. The standard InChI is InChI=1S/C22H30N4O2S/c1-4-28-19-13-16(2)5-6-17(19)14-25-22(23-3)24-10-7-21(27)26-11-8-20-18(15-26)9-12-29-20/h5-6,9,12-13H,4,7-8,10-11,14-15H2,1-3H3,(H2,23,24,25). The fourth-order valence-electron chi connectivity index (χ4n) is 3.40. The lowest BCUT2D eigenvalue weighted by Gasteiger charge is -2.27. The Morgan fingerprint density at radius 1 is 1.31 bits per heavy atom. The van der Waals surface area contributed by atoms with Gasteiger partial charge in [0.05, 0.1) is 6.61 Å². The van der Waals surface area contributed by atoms with Gasteiger partial charge in [0.25, 0.3) is 0 Å². The predicted octanol–water partition coefficient (Wildman–Crippen LogP) is 3.10. The maximum Gasteiger partial charge on any atom is 0.224 e. The predicted molar refractivity (Wildman–Crippen MR) is 119 cm³/mol. The normalized spacial score (nSPS) is 13.8. The molecular formula is C22H30N4O2S. The Morgan fingerprint density at radius 3 is 2.97 bits per heavy atom. The molecule has 1 amide bonds. The quantitative estimate of drug-likeness (QED) is 0.540. The van der Waals surface area contributed by atoms with E-state index >= 15 is 0 Å². The Bertz CT molecular complexity index is 862. The van der Waals surface area contributed by atoms with Gasteiger partial charge in [-0.3, -0.25) is 9.79 Å². The average molecular weight is 415 g/mol. The van der Waals surface area contributed by atoms with Crippen LogP contribution in [0.4, 0.5) is 0 Å². The van der Waals surface area contributed by atoms with E-state index in [2.05, 4.69) is 46.1 Å². The van der Waals surface area contributed by atoms with Crippen molar-refractivity contribution >= 4 is 23.2 Å². The first-order chi connectivity index (χ1) is 14.1.